The smallest absolute Gasteiger partial charge is 0.232 e. The number of aryl methyl sites for hydroxylation is 2. The Bertz CT molecular complexity index is 656. The predicted octanol–water partition coefficient (Wildman–Crippen LogP) is 5.36. The molecule has 0 aliphatic rings. The first-order valence-corrected chi connectivity index (χ1v) is 8.04. The van der Waals surface area contributed by atoms with Crippen LogP contribution in [-0.2, 0) is 4.79 Å². The second-order valence-electron chi connectivity index (χ2n) is 5.49. The Kier molecular flexibility index (Phi) is 5.56. The van der Waals surface area contributed by atoms with Crippen LogP contribution in [0.4, 0.5) is 5.69 Å². The molecule has 0 heterocycles. The third-order valence-corrected chi connectivity index (χ3v) is 4.01. The number of allylic oxidation sites excluding steroid dienone is 1. The fourth-order valence-corrected chi connectivity index (χ4v) is 2.80. The van der Waals surface area contributed by atoms with Crippen LogP contribution in [0.25, 0.3) is 0 Å². The minimum Gasteiger partial charge on any atom is -0.326 e. The number of hydrogen-bond acceptors (Lipinski definition) is 1. The molecule has 114 valence electrons. The Balaban J connectivity index is 2.24. The van der Waals surface area contributed by atoms with E-state index >= 15 is 0 Å². The molecule has 0 spiro atoms. The van der Waals surface area contributed by atoms with Crippen LogP contribution in [0.2, 0.25) is 0 Å². The van der Waals surface area contributed by atoms with Crippen molar-refractivity contribution in [1.29, 1.82) is 0 Å². The molecule has 0 saturated heterocycles. The average Bonchev–Trinajstić information content (AvgIpc) is 2.46. The van der Waals surface area contributed by atoms with Crippen molar-refractivity contribution in [1.82, 2.24) is 0 Å². The highest BCUT2D eigenvalue weighted by Crippen LogP contribution is 2.25. The lowest BCUT2D eigenvalue weighted by molar-refractivity contribution is -0.117. The van der Waals surface area contributed by atoms with Crippen molar-refractivity contribution < 1.29 is 4.79 Å². The number of hydrogen-bond donors (Lipinski definition) is 1. The van der Waals surface area contributed by atoms with Crippen LogP contribution in [-0.4, -0.2) is 5.91 Å². The Hall–Kier alpha value is -1.87. The minimum atomic E-state index is -0.222. The van der Waals surface area contributed by atoms with Gasteiger partial charge < -0.3 is 5.32 Å². The van der Waals surface area contributed by atoms with Crippen molar-refractivity contribution in [2.24, 2.45) is 0 Å². The van der Waals surface area contributed by atoms with E-state index in [1.165, 1.54) is 11.1 Å². The van der Waals surface area contributed by atoms with Gasteiger partial charge in [0.2, 0.25) is 5.91 Å². The number of benzene rings is 2. The summed E-state index contributed by atoms with van der Waals surface area (Å²) in [5.74, 6) is -0.230. The molecule has 1 atom stereocenters. The van der Waals surface area contributed by atoms with Gasteiger partial charge in [-0.25, -0.2) is 0 Å². The first-order valence-electron chi connectivity index (χ1n) is 7.25. The van der Waals surface area contributed by atoms with Gasteiger partial charge in [-0.1, -0.05) is 51.3 Å². The molecule has 3 heteroatoms. The summed E-state index contributed by atoms with van der Waals surface area (Å²) in [6, 6.07) is 13.8. The highest BCUT2D eigenvalue weighted by atomic mass is 79.9. The molecule has 0 radical (unpaired) electrons. The quantitative estimate of drug-likeness (QED) is 0.716. The van der Waals surface area contributed by atoms with Gasteiger partial charge in [0.25, 0.3) is 0 Å². The summed E-state index contributed by atoms with van der Waals surface area (Å²) in [5.41, 5.74) is 4.17. The molecular weight excluding hydrogens is 338 g/mol. The number of nitrogens with one attached hydrogen (secondary N) is 1. The number of amides is 1. The zero-order chi connectivity index (χ0) is 16.1. The fourth-order valence-electron chi connectivity index (χ4n) is 2.53. The summed E-state index contributed by atoms with van der Waals surface area (Å²) in [4.78, 5) is 12.6. The summed E-state index contributed by atoms with van der Waals surface area (Å²) in [6.45, 7) is 7.89. The predicted molar refractivity (Wildman–Crippen MR) is 96.2 cm³/mol. The number of carbonyl (C=O) groups excluding carboxylic acids is 1. The molecule has 2 rings (SSSR count). The van der Waals surface area contributed by atoms with E-state index < -0.39 is 0 Å². The van der Waals surface area contributed by atoms with E-state index in [-0.39, 0.29) is 11.8 Å². The van der Waals surface area contributed by atoms with Gasteiger partial charge in [0.1, 0.15) is 0 Å². The molecule has 0 aromatic heterocycles. The number of halogens is 1. The lowest BCUT2D eigenvalue weighted by atomic mass is 9.92. The molecule has 2 aromatic carbocycles. The number of rotatable bonds is 5. The largest absolute Gasteiger partial charge is 0.326 e. The van der Waals surface area contributed by atoms with Gasteiger partial charge in [-0.05, 0) is 50.1 Å². The third-order valence-electron chi connectivity index (χ3n) is 3.48. The second kappa shape index (κ2) is 7.41. The molecular formula is C19H20BrNO. The first-order chi connectivity index (χ1) is 10.5. The highest BCUT2D eigenvalue weighted by Gasteiger charge is 2.20. The Labute approximate surface area is 140 Å². The third kappa shape index (κ3) is 4.31. The van der Waals surface area contributed by atoms with E-state index in [0.717, 1.165) is 15.7 Å². The van der Waals surface area contributed by atoms with Crippen molar-refractivity contribution in [3.63, 3.8) is 0 Å². The van der Waals surface area contributed by atoms with Crippen molar-refractivity contribution >= 4 is 27.5 Å². The summed E-state index contributed by atoms with van der Waals surface area (Å²) < 4.78 is 0.988. The van der Waals surface area contributed by atoms with Crippen molar-refractivity contribution in [2.75, 3.05) is 5.32 Å². The fraction of sp³-hybridized carbons (Fsp3) is 0.211. The van der Waals surface area contributed by atoms with Gasteiger partial charge in [0.15, 0.2) is 0 Å². The molecule has 1 amide bonds. The first kappa shape index (κ1) is 16.5. The van der Waals surface area contributed by atoms with Crippen LogP contribution in [0, 0.1) is 13.8 Å². The topological polar surface area (TPSA) is 29.1 Å². The van der Waals surface area contributed by atoms with Crippen LogP contribution in [0.3, 0.4) is 0 Å². The summed E-state index contributed by atoms with van der Waals surface area (Å²) >= 11 is 3.39. The Morgan fingerprint density at radius 1 is 1.18 bits per heavy atom. The Morgan fingerprint density at radius 3 is 2.32 bits per heavy atom. The normalized spacial score (nSPS) is 11.8. The van der Waals surface area contributed by atoms with Gasteiger partial charge in [0.05, 0.1) is 5.92 Å². The maximum Gasteiger partial charge on any atom is 0.232 e. The van der Waals surface area contributed by atoms with Gasteiger partial charge in [0, 0.05) is 10.2 Å². The molecule has 1 unspecified atom stereocenters. The van der Waals surface area contributed by atoms with E-state index in [2.05, 4.69) is 46.0 Å². The number of carbonyl (C=O) groups is 1. The maximum atomic E-state index is 12.6. The zero-order valence-electron chi connectivity index (χ0n) is 12.9. The standard InChI is InChI=1S/C19H20BrNO/c1-4-5-18(15-11-13(2)10-14(3)12-15)19(22)21-17-8-6-16(20)7-9-17/h4,6-12,18H,1,5H2,2-3H3,(H,21,22). The van der Waals surface area contributed by atoms with Crippen LogP contribution >= 0.6 is 15.9 Å². The van der Waals surface area contributed by atoms with Crippen molar-refractivity contribution in [2.45, 2.75) is 26.2 Å². The average molecular weight is 358 g/mol. The molecule has 2 aromatic rings. The monoisotopic (exact) mass is 357 g/mol. The zero-order valence-corrected chi connectivity index (χ0v) is 14.5. The van der Waals surface area contributed by atoms with E-state index in [9.17, 15) is 4.79 Å². The van der Waals surface area contributed by atoms with Crippen LogP contribution in [0.1, 0.15) is 29.0 Å². The molecule has 0 fully saturated rings. The molecule has 0 saturated carbocycles. The van der Waals surface area contributed by atoms with Crippen LogP contribution in [0.5, 0.6) is 0 Å². The highest BCUT2D eigenvalue weighted by molar-refractivity contribution is 9.10. The van der Waals surface area contributed by atoms with E-state index in [1.54, 1.807) is 6.08 Å². The van der Waals surface area contributed by atoms with Gasteiger partial charge in [-0.15, -0.1) is 6.58 Å². The SMILES string of the molecule is C=CCC(C(=O)Nc1ccc(Br)cc1)c1cc(C)cc(C)c1. The van der Waals surface area contributed by atoms with Crippen LogP contribution in [0.15, 0.2) is 59.6 Å². The van der Waals surface area contributed by atoms with Crippen molar-refractivity contribution in [3.05, 3.63) is 76.3 Å². The molecule has 0 aliphatic carbocycles. The molecule has 0 bridgehead atoms. The lowest BCUT2D eigenvalue weighted by Gasteiger charge is -2.17. The number of anilines is 1. The molecule has 0 aliphatic heterocycles. The van der Waals surface area contributed by atoms with E-state index in [1.807, 2.05) is 38.1 Å². The summed E-state index contributed by atoms with van der Waals surface area (Å²) in [6.07, 6.45) is 2.41. The maximum absolute atomic E-state index is 12.6. The van der Waals surface area contributed by atoms with Gasteiger partial charge in [-0.3, -0.25) is 4.79 Å². The van der Waals surface area contributed by atoms with Crippen LogP contribution < -0.4 is 5.32 Å². The lowest BCUT2D eigenvalue weighted by Crippen LogP contribution is -2.21. The summed E-state index contributed by atoms with van der Waals surface area (Å²) in [5, 5.41) is 2.98. The van der Waals surface area contributed by atoms with Crippen molar-refractivity contribution in [3.8, 4) is 0 Å². The molecule has 2 nitrogen and oxygen atoms in total. The van der Waals surface area contributed by atoms with E-state index in [0.29, 0.717) is 6.42 Å². The van der Waals surface area contributed by atoms with Gasteiger partial charge in [-0.2, -0.15) is 0 Å². The van der Waals surface area contributed by atoms with Gasteiger partial charge >= 0.3 is 0 Å². The summed E-state index contributed by atoms with van der Waals surface area (Å²) in [7, 11) is 0. The molecule has 1 N–H and O–H groups in total. The van der Waals surface area contributed by atoms with E-state index in [4.69, 9.17) is 0 Å². The minimum absolute atomic E-state index is 0.00720. The Morgan fingerprint density at radius 2 is 1.77 bits per heavy atom. The second-order valence-corrected chi connectivity index (χ2v) is 6.41. The molecule has 22 heavy (non-hydrogen) atoms.